The van der Waals surface area contributed by atoms with Crippen LogP contribution < -0.4 is 5.32 Å². The van der Waals surface area contributed by atoms with Gasteiger partial charge in [-0.05, 0) is 37.4 Å². The number of carbonyl (C=O) groups is 1. The SMILES string of the molecule is O=C(CN1CCCC(Cn2cncn2)C1)NCc1ccco1. The Hall–Kier alpha value is -2.15. The first-order valence-corrected chi connectivity index (χ1v) is 7.63. The normalized spacial score (nSPS) is 19.2. The van der Waals surface area contributed by atoms with E-state index in [4.69, 9.17) is 4.42 Å². The molecule has 0 aromatic carbocycles. The first kappa shape index (κ1) is 14.8. The van der Waals surface area contributed by atoms with E-state index >= 15 is 0 Å². The number of nitrogens with zero attached hydrogens (tertiary/aromatic N) is 4. The molecule has 2 aromatic heterocycles. The van der Waals surface area contributed by atoms with Crippen molar-refractivity contribution >= 4 is 5.91 Å². The fraction of sp³-hybridized carbons (Fsp3) is 0.533. The van der Waals surface area contributed by atoms with Gasteiger partial charge in [0, 0.05) is 13.1 Å². The lowest BCUT2D eigenvalue weighted by molar-refractivity contribution is -0.122. The van der Waals surface area contributed by atoms with Gasteiger partial charge in [-0.1, -0.05) is 0 Å². The summed E-state index contributed by atoms with van der Waals surface area (Å²) in [6.45, 7) is 3.65. The van der Waals surface area contributed by atoms with Gasteiger partial charge >= 0.3 is 0 Å². The standard InChI is InChI=1S/C15H21N5O2/c21-15(17-7-14-4-2-6-22-14)10-19-5-1-3-13(8-19)9-20-12-16-11-18-20/h2,4,6,11-13H,1,3,5,7-10H2,(H,17,21). The third-order valence-electron chi connectivity index (χ3n) is 3.92. The molecule has 0 radical (unpaired) electrons. The quantitative estimate of drug-likeness (QED) is 0.858. The number of hydrogen-bond donors (Lipinski definition) is 1. The number of piperidine rings is 1. The number of furan rings is 1. The predicted molar refractivity (Wildman–Crippen MR) is 79.7 cm³/mol. The van der Waals surface area contributed by atoms with Crippen molar-refractivity contribution in [2.75, 3.05) is 19.6 Å². The number of nitrogens with one attached hydrogen (secondary N) is 1. The van der Waals surface area contributed by atoms with Gasteiger partial charge in [0.15, 0.2) is 0 Å². The van der Waals surface area contributed by atoms with Crippen LogP contribution in [0, 0.1) is 5.92 Å². The molecule has 1 N–H and O–H groups in total. The number of amides is 1. The molecule has 0 bridgehead atoms. The summed E-state index contributed by atoms with van der Waals surface area (Å²) in [5.41, 5.74) is 0. The summed E-state index contributed by atoms with van der Waals surface area (Å²) in [7, 11) is 0. The van der Waals surface area contributed by atoms with Crippen LogP contribution in [0.2, 0.25) is 0 Å². The first-order valence-electron chi connectivity index (χ1n) is 7.63. The van der Waals surface area contributed by atoms with E-state index in [0.717, 1.165) is 31.8 Å². The molecule has 2 aromatic rings. The second kappa shape index (κ2) is 7.22. The molecule has 0 aliphatic carbocycles. The third kappa shape index (κ3) is 4.17. The molecule has 7 heteroatoms. The zero-order valence-corrected chi connectivity index (χ0v) is 12.5. The highest BCUT2D eigenvalue weighted by atomic mass is 16.3. The third-order valence-corrected chi connectivity index (χ3v) is 3.92. The van der Waals surface area contributed by atoms with E-state index in [0.29, 0.717) is 19.0 Å². The molecule has 0 spiro atoms. The summed E-state index contributed by atoms with van der Waals surface area (Å²) >= 11 is 0. The van der Waals surface area contributed by atoms with E-state index < -0.39 is 0 Å². The maximum absolute atomic E-state index is 12.0. The second-order valence-corrected chi connectivity index (χ2v) is 5.72. The summed E-state index contributed by atoms with van der Waals surface area (Å²) in [4.78, 5) is 18.2. The van der Waals surface area contributed by atoms with Crippen LogP contribution in [0.25, 0.3) is 0 Å². The maximum Gasteiger partial charge on any atom is 0.234 e. The molecule has 7 nitrogen and oxygen atoms in total. The van der Waals surface area contributed by atoms with Crippen LogP contribution in [0.15, 0.2) is 35.5 Å². The van der Waals surface area contributed by atoms with E-state index in [2.05, 4.69) is 20.3 Å². The van der Waals surface area contributed by atoms with Crippen molar-refractivity contribution in [1.29, 1.82) is 0 Å². The Morgan fingerprint density at radius 1 is 1.50 bits per heavy atom. The molecule has 118 valence electrons. The number of hydrogen-bond acceptors (Lipinski definition) is 5. The molecule has 1 atom stereocenters. The fourth-order valence-corrected chi connectivity index (χ4v) is 2.89. The average molecular weight is 303 g/mol. The maximum atomic E-state index is 12.0. The van der Waals surface area contributed by atoms with E-state index in [1.165, 1.54) is 6.42 Å². The molecule has 3 rings (SSSR count). The fourth-order valence-electron chi connectivity index (χ4n) is 2.89. The lowest BCUT2D eigenvalue weighted by Crippen LogP contribution is -2.43. The largest absolute Gasteiger partial charge is 0.467 e. The van der Waals surface area contributed by atoms with Crippen molar-refractivity contribution in [2.24, 2.45) is 5.92 Å². The van der Waals surface area contributed by atoms with Crippen LogP contribution in [0.3, 0.4) is 0 Å². The molecule has 3 heterocycles. The highest BCUT2D eigenvalue weighted by molar-refractivity contribution is 5.77. The van der Waals surface area contributed by atoms with E-state index in [1.807, 2.05) is 16.8 Å². The van der Waals surface area contributed by atoms with Crippen LogP contribution >= 0.6 is 0 Å². The van der Waals surface area contributed by atoms with Crippen molar-refractivity contribution in [3.8, 4) is 0 Å². The number of rotatable bonds is 6. The van der Waals surface area contributed by atoms with E-state index in [9.17, 15) is 4.79 Å². The van der Waals surface area contributed by atoms with Crippen molar-refractivity contribution in [3.63, 3.8) is 0 Å². The van der Waals surface area contributed by atoms with Crippen LogP contribution in [0.5, 0.6) is 0 Å². The second-order valence-electron chi connectivity index (χ2n) is 5.72. The van der Waals surface area contributed by atoms with E-state index in [-0.39, 0.29) is 5.91 Å². The predicted octanol–water partition coefficient (Wildman–Crippen LogP) is 0.900. The van der Waals surface area contributed by atoms with Crippen molar-refractivity contribution < 1.29 is 9.21 Å². The Morgan fingerprint density at radius 3 is 3.23 bits per heavy atom. The summed E-state index contributed by atoms with van der Waals surface area (Å²) in [5, 5.41) is 7.04. The van der Waals surface area contributed by atoms with Crippen LogP contribution in [-0.4, -0.2) is 45.2 Å². The minimum Gasteiger partial charge on any atom is -0.467 e. The van der Waals surface area contributed by atoms with Gasteiger partial charge in [-0.15, -0.1) is 0 Å². The van der Waals surface area contributed by atoms with Gasteiger partial charge in [-0.3, -0.25) is 14.4 Å². The Labute approximate surface area is 129 Å². The van der Waals surface area contributed by atoms with Crippen LogP contribution in [-0.2, 0) is 17.9 Å². The van der Waals surface area contributed by atoms with Crippen molar-refractivity contribution in [2.45, 2.75) is 25.9 Å². The summed E-state index contributed by atoms with van der Waals surface area (Å²) in [5.74, 6) is 1.34. The molecule has 1 fully saturated rings. The van der Waals surface area contributed by atoms with Crippen LogP contribution in [0.4, 0.5) is 0 Å². The Bertz CT molecular complexity index is 567. The topological polar surface area (TPSA) is 76.2 Å². The molecule has 0 saturated carbocycles. The first-order chi connectivity index (χ1) is 10.8. The summed E-state index contributed by atoms with van der Waals surface area (Å²) in [6.07, 6.45) is 7.20. The van der Waals surface area contributed by atoms with Crippen molar-refractivity contribution in [3.05, 3.63) is 36.8 Å². The Morgan fingerprint density at radius 2 is 2.45 bits per heavy atom. The van der Waals surface area contributed by atoms with Gasteiger partial charge < -0.3 is 9.73 Å². The van der Waals surface area contributed by atoms with Gasteiger partial charge in [-0.25, -0.2) is 4.98 Å². The van der Waals surface area contributed by atoms with Gasteiger partial charge in [0.05, 0.1) is 19.4 Å². The Balaban J connectivity index is 1.42. The van der Waals surface area contributed by atoms with Crippen LogP contribution in [0.1, 0.15) is 18.6 Å². The molecule has 22 heavy (non-hydrogen) atoms. The average Bonchev–Trinajstić information content (AvgIpc) is 3.19. The lowest BCUT2D eigenvalue weighted by atomic mass is 9.98. The van der Waals surface area contributed by atoms with Gasteiger partial charge in [-0.2, -0.15) is 5.10 Å². The molecule has 1 aliphatic rings. The molecule has 1 aliphatic heterocycles. The molecular weight excluding hydrogens is 282 g/mol. The van der Waals surface area contributed by atoms with Gasteiger partial charge in [0.2, 0.25) is 5.91 Å². The highest BCUT2D eigenvalue weighted by Gasteiger charge is 2.22. The number of carbonyl (C=O) groups excluding carboxylic acids is 1. The minimum atomic E-state index is 0.0396. The molecular formula is C15H21N5O2. The molecule has 1 unspecified atom stereocenters. The number of aromatic nitrogens is 3. The summed E-state index contributed by atoms with van der Waals surface area (Å²) in [6, 6.07) is 3.68. The smallest absolute Gasteiger partial charge is 0.234 e. The minimum absolute atomic E-state index is 0.0396. The Kier molecular flexibility index (Phi) is 4.85. The zero-order valence-electron chi connectivity index (χ0n) is 12.5. The zero-order chi connectivity index (χ0) is 15.2. The molecule has 1 amide bonds. The number of likely N-dealkylation sites (tertiary alicyclic amines) is 1. The lowest BCUT2D eigenvalue weighted by Gasteiger charge is -2.32. The van der Waals surface area contributed by atoms with E-state index in [1.54, 1.807) is 18.9 Å². The highest BCUT2D eigenvalue weighted by Crippen LogP contribution is 2.17. The van der Waals surface area contributed by atoms with Crippen molar-refractivity contribution in [1.82, 2.24) is 25.0 Å². The van der Waals surface area contributed by atoms with Gasteiger partial charge in [0.1, 0.15) is 18.4 Å². The monoisotopic (exact) mass is 303 g/mol. The summed E-state index contributed by atoms with van der Waals surface area (Å²) < 4.78 is 7.07. The molecule has 1 saturated heterocycles. The van der Waals surface area contributed by atoms with Gasteiger partial charge in [0.25, 0.3) is 0 Å².